The molecule has 1 aliphatic rings. The zero-order chi connectivity index (χ0) is 22.6. The fourth-order valence-corrected chi connectivity index (χ4v) is 4.67. The van der Waals surface area contributed by atoms with E-state index in [0.29, 0.717) is 0 Å². The van der Waals surface area contributed by atoms with E-state index in [-0.39, 0.29) is 22.2 Å². The number of hydrogen-bond donors (Lipinski definition) is 2. The molecular weight excluding hydrogens is 428 g/mol. The van der Waals surface area contributed by atoms with E-state index in [0.717, 1.165) is 50.3 Å². The average Bonchev–Trinajstić information content (AvgIpc) is 2.74. The molecule has 31 heavy (non-hydrogen) atoms. The first-order chi connectivity index (χ1) is 14.7. The molecule has 0 bridgehead atoms. The first-order valence-electron chi connectivity index (χ1n) is 9.53. The van der Waals surface area contributed by atoms with Gasteiger partial charge in [0, 0.05) is 23.9 Å². The van der Waals surface area contributed by atoms with Crippen LogP contribution >= 0.6 is 0 Å². The van der Waals surface area contributed by atoms with Crippen molar-refractivity contribution in [2.45, 2.75) is 43.0 Å². The van der Waals surface area contributed by atoms with Crippen molar-refractivity contribution in [3.05, 3.63) is 68.3 Å². The number of hydrogen-bond acceptors (Lipinski definition) is 7. The van der Waals surface area contributed by atoms with Crippen LogP contribution in [0.2, 0.25) is 0 Å². The lowest BCUT2D eigenvalue weighted by atomic mass is 9.96. The van der Waals surface area contributed by atoms with E-state index in [4.69, 9.17) is 0 Å². The third-order valence-electron chi connectivity index (χ3n) is 4.94. The van der Waals surface area contributed by atoms with E-state index in [2.05, 4.69) is 10.0 Å². The summed E-state index contributed by atoms with van der Waals surface area (Å²) in [4.78, 5) is 32.7. The highest BCUT2D eigenvalue weighted by Gasteiger charge is 2.23. The van der Waals surface area contributed by atoms with Gasteiger partial charge in [0.05, 0.1) is 26.4 Å². The topological polar surface area (TPSA) is 162 Å². The van der Waals surface area contributed by atoms with E-state index in [9.17, 15) is 33.4 Å². The molecule has 1 amide bonds. The molecule has 0 atom stereocenters. The molecule has 1 saturated carbocycles. The largest absolute Gasteiger partial charge is 0.322 e. The Morgan fingerprint density at radius 3 is 1.97 bits per heavy atom. The van der Waals surface area contributed by atoms with Gasteiger partial charge in [0.2, 0.25) is 10.0 Å². The van der Waals surface area contributed by atoms with Crippen molar-refractivity contribution in [3.8, 4) is 0 Å². The van der Waals surface area contributed by atoms with Crippen LogP contribution in [0.25, 0.3) is 0 Å². The Hall–Kier alpha value is -3.38. The second-order valence-electron chi connectivity index (χ2n) is 7.19. The Bertz CT molecular complexity index is 1080. The van der Waals surface area contributed by atoms with Gasteiger partial charge in [0.15, 0.2) is 0 Å². The summed E-state index contributed by atoms with van der Waals surface area (Å²) in [6, 6.07) is 7.92. The highest BCUT2D eigenvalue weighted by molar-refractivity contribution is 7.89. The van der Waals surface area contributed by atoms with Crippen molar-refractivity contribution < 1.29 is 23.1 Å². The number of nitro benzene ring substituents is 2. The maximum Gasteiger partial charge on any atom is 0.277 e. The van der Waals surface area contributed by atoms with E-state index in [1.54, 1.807) is 0 Å². The number of carbonyl (C=O) groups is 1. The number of anilines is 1. The molecule has 0 aromatic heterocycles. The van der Waals surface area contributed by atoms with Gasteiger partial charge in [-0.3, -0.25) is 25.0 Å². The zero-order valence-electron chi connectivity index (χ0n) is 16.3. The summed E-state index contributed by atoms with van der Waals surface area (Å²) in [5.74, 6) is -0.803. The van der Waals surface area contributed by atoms with Crippen LogP contribution in [-0.2, 0) is 10.0 Å². The summed E-state index contributed by atoms with van der Waals surface area (Å²) in [5.41, 5.74) is -1.21. The lowest BCUT2D eigenvalue weighted by Crippen LogP contribution is -2.36. The van der Waals surface area contributed by atoms with Gasteiger partial charge in [0.25, 0.3) is 17.3 Å². The predicted molar refractivity (Wildman–Crippen MR) is 111 cm³/mol. The molecule has 2 N–H and O–H groups in total. The minimum absolute atomic E-state index is 0.0436. The van der Waals surface area contributed by atoms with Crippen molar-refractivity contribution >= 4 is 33.0 Å². The first kappa shape index (κ1) is 22.3. The fourth-order valence-electron chi connectivity index (χ4n) is 3.37. The second kappa shape index (κ2) is 9.18. The minimum atomic E-state index is -3.70. The molecular formula is C19H20N4O7S. The van der Waals surface area contributed by atoms with Gasteiger partial charge in [-0.25, -0.2) is 13.1 Å². The molecule has 1 fully saturated rings. The summed E-state index contributed by atoms with van der Waals surface area (Å²) < 4.78 is 27.8. The standard InChI is InChI=1S/C19H20N4O7S/c24-19(13-10-16(22(25)26)12-17(11-13)23(27)28)20-14-6-8-18(9-7-14)31(29,30)21-15-4-2-1-3-5-15/h6-12,15,21H,1-5H2,(H,20,24). The summed E-state index contributed by atoms with van der Waals surface area (Å²) in [5, 5.41) is 24.4. The van der Waals surface area contributed by atoms with Crippen LogP contribution in [0.15, 0.2) is 47.4 Å². The van der Waals surface area contributed by atoms with E-state index < -0.39 is 37.2 Å². The van der Waals surface area contributed by atoms with Gasteiger partial charge in [-0.05, 0) is 37.1 Å². The number of non-ortho nitro benzene ring substituents is 2. The number of nitro groups is 2. The third kappa shape index (κ3) is 5.61. The van der Waals surface area contributed by atoms with Crippen molar-refractivity contribution in [3.63, 3.8) is 0 Å². The monoisotopic (exact) mass is 448 g/mol. The quantitative estimate of drug-likeness (QED) is 0.484. The highest BCUT2D eigenvalue weighted by Crippen LogP contribution is 2.24. The van der Waals surface area contributed by atoms with Gasteiger partial charge in [-0.2, -0.15) is 0 Å². The summed E-state index contributed by atoms with van der Waals surface area (Å²) >= 11 is 0. The van der Waals surface area contributed by atoms with Crippen LogP contribution in [0.3, 0.4) is 0 Å². The SMILES string of the molecule is O=C(Nc1ccc(S(=O)(=O)NC2CCCCC2)cc1)c1cc([N+](=O)[O-])cc([N+](=O)[O-])c1. The summed E-state index contributed by atoms with van der Waals surface area (Å²) in [6.45, 7) is 0. The second-order valence-corrected chi connectivity index (χ2v) is 8.90. The van der Waals surface area contributed by atoms with Crippen LogP contribution < -0.4 is 10.0 Å². The summed E-state index contributed by atoms with van der Waals surface area (Å²) in [6.07, 6.45) is 4.65. The average molecular weight is 448 g/mol. The zero-order valence-corrected chi connectivity index (χ0v) is 17.1. The van der Waals surface area contributed by atoms with Crippen LogP contribution in [0.5, 0.6) is 0 Å². The first-order valence-corrected chi connectivity index (χ1v) is 11.0. The number of carbonyl (C=O) groups excluding carboxylic acids is 1. The molecule has 0 heterocycles. The normalized spacial score (nSPS) is 14.7. The Morgan fingerprint density at radius 2 is 1.45 bits per heavy atom. The van der Waals surface area contributed by atoms with Crippen LogP contribution in [-0.4, -0.2) is 30.2 Å². The Morgan fingerprint density at radius 1 is 0.903 bits per heavy atom. The molecule has 0 radical (unpaired) electrons. The molecule has 0 aliphatic heterocycles. The van der Waals surface area contributed by atoms with Crippen LogP contribution in [0.4, 0.5) is 17.1 Å². The number of benzene rings is 2. The Balaban J connectivity index is 1.74. The number of amides is 1. The molecule has 1 aliphatic carbocycles. The number of sulfonamides is 1. The molecule has 0 unspecified atom stereocenters. The Kier molecular flexibility index (Phi) is 6.61. The van der Waals surface area contributed by atoms with E-state index in [1.165, 1.54) is 24.3 Å². The van der Waals surface area contributed by atoms with Crippen molar-refractivity contribution in [1.82, 2.24) is 4.72 Å². The van der Waals surface area contributed by atoms with Gasteiger partial charge < -0.3 is 5.32 Å². The summed E-state index contributed by atoms with van der Waals surface area (Å²) in [7, 11) is -3.70. The number of nitrogens with zero attached hydrogens (tertiary/aromatic N) is 2. The van der Waals surface area contributed by atoms with Crippen LogP contribution in [0.1, 0.15) is 42.5 Å². The molecule has 12 heteroatoms. The molecule has 3 rings (SSSR count). The number of nitrogens with one attached hydrogen (secondary N) is 2. The van der Waals surface area contributed by atoms with Gasteiger partial charge in [-0.1, -0.05) is 19.3 Å². The van der Waals surface area contributed by atoms with E-state index >= 15 is 0 Å². The molecule has 164 valence electrons. The lowest BCUT2D eigenvalue weighted by Gasteiger charge is -2.22. The molecule has 11 nitrogen and oxygen atoms in total. The highest BCUT2D eigenvalue weighted by atomic mass is 32.2. The smallest absolute Gasteiger partial charge is 0.277 e. The lowest BCUT2D eigenvalue weighted by molar-refractivity contribution is -0.394. The molecule has 0 saturated heterocycles. The van der Waals surface area contributed by atoms with Gasteiger partial charge in [-0.15, -0.1) is 0 Å². The molecule has 2 aromatic rings. The maximum absolute atomic E-state index is 12.5. The molecule has 0 spiro atoms. The number of rotatable bonds is 7. The Labute approximate surface area is 177 Å². The van der Waals surface area contributed by atoms with Crippen molar-refractivity contribution in [1.29, 1.82) is 0 Å². The fraction of sp³-hybridized carbons (Fsp3) is 0.316. The van der Waals surface area contributed by atoms with Gasteiger partial charge in [0.1, 0.15) is 0 Å². The predicted octanol–water partition coefficient (Wildman–Crippen LogP) is 3.37. The maximum atomic E-state index is 12.5. The third-order valence-corrected chi connectivity index (χ3v) is 6.47. The molecule has 2 aromatic carbocycles. The minimum Gasteiger partial charge on any atom is -0.322 e. The van der Waals surface area contributed by atoms with Crippen molar-refractivity contribution in [2.24, 2.45) is 0 Å². The van der Waals surface area contributed by atoms with Crippen LogP contribution in [0, 0.1) is 20.2 Å². The van der Waals surface area contributed by atoms with Crippen molar-refractivity contribution in [2.75, 3.05) is 5.32 Å². The van der Waals surface area contributed by atoms with Gasteiger partial charge >= 0.3 is 0 Å². The van der Waals surface area contributed by atoms with E-state index in [1.807, 2.05) is 0 Å².